The number of nitrogens with one attached hydrogen (secondary N) is 1. The van der Waals surface area contributed by atoms with Crippen LogP contribution in [0, 0.1) is 0 Å². The third-order valence-corrected chi connectivity index (χ3v) is 3.64. The zero-order valence-corrected chi connectivity index (χ0v) is 10.5. The van der Waals surface area contributed by atoms with Gasteiger partial charge in [0.2, 0.25) is 0 Å². The maximum Gasteiger partial charge on any atom is 0.320 e. The molecule has 1 aliphatic heterocycles. The molecule has 2 atom stereocenters. The molecular weight excluding hydrogens is 206 g/mol. The normalized spacial score (nSPS) is 26.3. The molecule has 0 bridgehead atoms. The first-order chi connectivity index (χ1) is 7.53. The predicted molar refractivity (Wildman–Crippen MR) is 62.5 cm³/mol. The Kier molecular flexibility index (Phi) is 4.74. The Morgan fingerprint density at radius 2 is 2.19 bits per heavy atom. The molecule has 16 heavy (non-hydrogen) atoms. The van der Waals surface area contributed by atoms with Gasteiger partial charge in [-0.2, -0.15) is 0 Å². The Bertz CT molecular complexity index is 238. The van der Waals surface area contributed by atoms with E-state index in [1.807, 2.05) is 0 Å². The lowest BCUT2D eigenvalue weighted by atomic mass is 9.85. The zero-order chi connectivity index (χ0) is 12.2. The van der Waals surface area contributed by atoms with Crippen LogP contribution in [0.4, 0.5) is 0 Å². The third kappa shape index (κ3) is 3.19. The summed E-state index contributed by atoms with van der Waals surface area (Å²) in [6, 6.07) is -0.214. The van der Waals surface area contributed by atoms with Crippen molar-refractivity contribution in [3.8, 4) is 0 Å². The lowest BCUT2D eigenvalue weighted by Crippen LogP contribution is -2.50. The number of hydrogen-bond donors (Lipinski definition) is 2. The second kappa shape index (κ2) is 5.64. The topological polar surface area (TPSA) is 58.6 Å². The average Bonchev–Trinajstić information content (AvgIpc) is 2.29. The average molecular weight is 229 g/mol. The van der Waals surface area contributed by atoms with Crippen LogP contribution in [0.2, 0.25) is 0 Å². The van der Waals surface area contributed by atoms with E-state index in [9.17, 15) is 4.79 Å². The summed E-state index contributed by atoms with van der Waals surface area (Å²) in [6.45, 7) is 6.68. The number of hydrogen-bond acceptors (Lipinski definition) is 3. The summed E-state index contributed by atoms with van der Waals surface area (Å²) in [5.41, 5.74) is -0.0475. The molecule has 1 heterocycles. The maximum atomic E-state index is 10.8. The molecule has 4 heteroatoms. The Morgan fingerprint density at radius 3 is 2.69 bits per heavy atom. The highest BCUT2D eigenvalue weighted by atomic mass is 16.5. The molecule has 0 aromatic carbocycles. The SMILES string of the molecule is CCC1(CC)CC(NC(C)C(=O)O)CCO1. The van der Waals surface area contributed by atoms with Crippen molar-refractivity contribution in [2.75, 3.05) is 6.61 Å². The first-order valence-electron chi connectivity index (χ1n) is 6.16. The highest BCUT2D eigenvalue weighted by molar-refractivity contribution is 5.72. The summed E-state index contributed by atoms with van der Waals surface area (Å²) in [6.07, 6.45) is 3.79. The Balaban J connectivity index is 2.53. The predicted octanol–water partition coefficient (Wildman–Crippen LogP) is 1.79. The number of carbonyl (C=O) groups is 1. The van der Waals surface area contributed by atoms with Gasteiger partial charge in [0.15, 0.2) is 0 Å². The van der Waals surface area contributed by atoms with Gasteiger partial charge in [-0.15, -0.1) is 0 Å². The van der Waals surface area contributed by atoms with E-state index in [1.165, 1.54) is 0 Å². The van der Waals surface area contributed by atoms with Gasteiger partial charge in [0, 0.05) is 12.6 Å². The Morgan fingerprint density at radius 1 is 1.56 bits per heavy atom. The van der Waals surface area contributed by atoms with Crippen molar-refractivity contribution in [3.05, 3.63) is 0 Å². The van der Waals surface area contributed by atoms with Crippen molar-refractivity contribution < 1.29 is 14.6 Å². The highest BCUT2D eigenvalue weighted by Gasteiger charge is 2.35. The summed E-state index contributed by atoms with van der Waals surface area (Å²) in [7, 11) is 0. The zero-order valence-electron chi connectivity index (χ0n) is 10.5. The second-order valence-electron chi connectivity index (χ2n) is 4.65. The summed E-state index contributed by atoms with van der Waals surface area (Å²) >= 11 is 0. The quantitative estimate of drug-likeness (QED) is 0.754. The van der Waals surface area contributed by atoms with Crippen LogP contribution in [0.15, 0.2) is 0 Å². The number of ether oxygens (including phenoxy) is 1. The minimum Gasteiger partial charge on any atom is -0.480 e. The fourth-order valence-electron chi connectivity index (χ4n) is 2.34. The lowest BCUT2D eigenvalue weighted by molar-refractivity contribution is -0.140. The fraction of sp³-hybridized carbons (Fsp3) is 0.917. The van der Waals surface area contributed by atoms with E-state index in [1.54, 1.807) is 6.92 Å². The molecule has 0 spiro atoms. The number of carboxylic acids is 1. The van der Waals surface area contributed by atoms with Crippen LogP contribution in [0.3, 0.4) is 0 Å². The van der Waals surface area contributed by atoms with Gasteiger partial charge in [0.1, 0.15) is 6.04 Å². The minimum atomic E-state index is -0.787. The summed E-state index contributed by atoms with van der Waals surface area (Å²) in [5.74, 6) is -0.787. The van der Waals surface area contributed by atoms with Gasteiger partial charge in [-0.05, 0) is 32.6 Å². The van der Waals surface area contributed by atoms with Gasteiger partial charge >= 0.3 is 5.97 Å². The van der Waals surface area contributed by atoms with E-state index in [0.29, 0.717) is 0 Å². The Labute approximate surface area is 97.4 Å². The Hall–Kier alpha value is -0.610. The summed E-state index contributed by atoms with van der Waals surface area (Å²) in [4.78, 5) is 10.8. The summed E-state index contributed by atoms with van der Waals surface area (Å²) in [5, 5.41) is 12.0. The van der Waals surface area contributed by atoms with Gasteiger partial charge in [0.25, 0.3) is 0 Å². The van der Waals surface area contributed by atoms with Gasteiger partial charge < -0.3 is 15.2 Å². The van der Waals surface area contributed by atoms with Crippen molar-refractivity contribution in [2.45, 2.75) is 64.1 Å². The first-order valence-corrected chi connectivity index (χ1v) is 6.16. The molecule has 1 fully saturated rings. The van der Waals surface area contributed by atoms with Crippen LogP contribution in [0.25, 0.3) is 0 Å². The van der Waals surface area contributed by atoms with E-state index < -0.39 is 12.0 Å². The van der Waals surface area contributed by atoms with E-state index >= 15 is 0 Å². The molecule has 4 nitrogen and oxygen atoms in total. The number of carboxylic acid groups (broad SMARTS) is 1. The van der Waals surface area contributed by atoms with Crippen LogP contribution in [0.5, 0.6) is 0 Å². The van der Waals surface area contributed by atoms with Crippen LogP contribution >= 0.6 is 0 Å². The number of rotatable bonds is 5. The van der Waals surface area contributed by atoms with Gasteiger partial charge in [-0.3, -0.25) is 4.79 Å². The molecule has 0 aromatic heterocycles. The van der Waals surface area contributed by atoms with Crippen molar-refractivity contribution in [1.29, 1.82) is 0 Å². The molecule has 94 valence electrons. The molecule has 0 radical (unpaired) electrons. The van der Waals surface area contributed by atoms with Crippen molar-refractivity contribution >= 4 is 5.97 Å². The molecule has 1 aliphatic rings. The molecule has 2 unspecified atom stereocenters. The van der Waals surface area contributed by atoms with Gasteiger partial charge in [0.05, 0.1) is 5.60 Å². The van der Waals surface area contributed by atoms with Crippen LogP contribution in [-0.4, -0.2) is 35.4 Å². The standard InChI is InChI=1S/C12H23NO3/c1-4-12(5-2)8-10(6-7-16-12)13-9(3)11(14)15/h9-10,13H,4-8H2,1-3H3,(H,14,15). The summed E-state index contributed by atoms with van der Waals surface area (Å²) < 4.78 is 5.85. The largest absolute Gasteiger partial charge is 0.480 e. The molecule has 0 saturated carbocycles. The fourth-order valence-corrected chi connectivity index (χ4v) is 2.34. The van der Waals surface area contributed by atoms with Crippen LogP contribution < -0.4 is 5.32 Å². The minimum absolute atomic E-state index is 0.0475. The van der Waals surface area contributed by atoms with Crippen LogP contribution in [0.1, 0.15) is 46.5 Å². The van der Waals surface area contributed by atoms with E-state index in [2.05, 4.69) is 19.2 Å². The van der Waals surface area contributed by atoms with Crippen molar-refractivity contribution in [1.82, 2.24) is 5.32 Å². The van der Waals surface area contributed by atoms with Gasteiger partial charge in [-0.25, -0.2) is 0 Å². The van der Waals surface area contributed by atoms with Crippen LogP contribution in [-0.2, 0) is 9.53 Å². The smallest absolute Gasteiger partial charge is 0.320 e. The molecule has 0 aromatic rings. The molecule has 0 amide bonds. The number of aliphatic carboxylic acids is 1. The van der Waals surface area contributed by atoms with Crippen molar-refractivity contribution in [2.24, 2.45) is 0 Å². The molecule has 2 N–H and O–H groups in total. The monoisotopic (exact) mass is 229 g/mol. The van der Waals surface area contributed by atoms with E-state index in [4.69, 9.17) is 9.84 Å². The first kappa shape index (κ1) is 13.5. The van der Waals surface area contributed by atoms with Crippen molar-refractivity contribution in [3.63, 3.8) is 0 Å². The molecule has 1 rings (SSSR count). The van der Waals surface area contributed by atoms with E-state index in [-0.39, 0.29) is 11.6 Å². The third-order valence-electron chi connectivity index (χ3n) is 3.64. The van der Waals surface area contributed by atoms with Gasteiger partial charge in [-0.1, -0.05) is 13.8 Å². The maximum absolute atomic E-state index is 10.8. The lowest BCUT2D eigenvalue weighted by Gasteiger charge is -2.40. The molecule has 0 aliphatic carbocycles. The van der Waals surface area contributed by atoms with E-state index in [0.717, 1.165) is 32.3 Å². The molecule has 1 saturated heterocycles. The second-order valence-corrected chi connectivity index (χ2v) is 4.65. The highest BCUT2D eigenvalue weighted by Crippen LogP contribution is 2.31. The molecular formula is C12H23NO3.